The second-order valence-corrected chi connectivity index (χ2v) is 5.64. The zero-order valence-corrected chi connectivity index (χ0v) is 12.3. The highest BCUT2D eigenvalue weighted by molar-refractivity contribution is 6.00. The molecule has 21 heavy (non-hydrogen) atoms. The number of benzene rings is 1. The van der Waals surface area contributed by atoms with Crippen molar-refractivity contribution in [3.63, 3.8) is 0 Å². The fraction of sp³-hybridized carbons (Fsp3) is 0.500. The molecular weight excluding hydrogens is 268 g/mol. The van der Waals surface area contributed by atoms with E-state index in [4.69, 9.17) is 0 Å². The summed E-state index contributed by atoms with van der Waals surface area (Å²) in [6, 6.07) is 4.84. The number of nitrogens with one attached hydrogen (secondary N) is 2. The average Bonchev–Trinajstić information content (AvgIpc) is 2.69. The molecule has 1 aromatic rings. The third kappa shape index (κ3) is 4.48. The summed E-state index contributed by atoms with van der Waals surface area (Å²) >= 11 is 0. The zero-order chi connectivity index (χ0) is 15.2. The predicted molar refractivity (Wildman–Crippen MR) is 81.8 cm³/mol. The largest absolute Gasteiger partial charge is 0.478 e. The number of carbonyl (C=O) groups is 2. The Bertz CT molecular complexity index is 520. The van der Waals surface area contributed by atoms with Gasteiger partial charge in [0.15, 0.2) is 0 Å². The van der Waals surface area contributed by atoms with E-state index < -0.39 is 5.97 Å². The van der Waals surface area contributed by atoms with Crippen molar-refractivity contribution in [2.75, 3.05) is 5.32 Å². The lowest BCUT2D eigenvalue weighted by atomic mass is 10.1. The monoisotopic (exact) mass is 290 g/mol. The number of urea groups is 1. The molecule has 0 spiro atoms. The molecule has 1 aliphatic rings. The lowest BCUT2D eigenvalue weighted by Crippen LogP contribution is -2.37. The smallest absolute Gasteiger partial charge is 0.337 e. The Morgan fingerprint density at radius 1 is 1.14 bits per heavy atom. The summed E-state index contributed by atoms with van der Waals surface area (Å²) < 4.78 is 0. The lowest BCUT2D eigenvalue weighted by molar-refractivity contribution is 0.0698. The number of carboxylic acid groups (broad SMARTS) is 1. The number of aryl methyl sites for hydroxylation is 1. The van der Waals surface area contributed by atoms with Crippen LogP contribution in [0, 0.1) is 6.92 Å². The third-order valence-corrected chi connectivity index (χ3v) is 3.84. The van der Waals surface area contributed by atoms with E-state index in [-0.39, 0.29) is 17.6 Å². The van der Waals surface area contributed by atoms with Crippen molar-refractivity contribution in [1.82, 2.24) is 5.32 Å². The standard InChI is InChI=1S/C16H22N2O3/c1-11-8-9-14(13(10-11)15(19)20)18-16(21)17-12-6-4-2-3-5-7-12/h8-10,12H,2-7H2,1H3,(H,19,20)(H2,17,18,21). The molecule has 2 amide bonds. The summed E-state index contributed by atoms with van der Waals surface area (Å²) in [7, 11) is 0. The third-order valence-electron chi connectivity index (χ3n) is 3.84. The molecule has 2 rings (SSSR count). The van der Waals surface area contributed by atoms with Crippen LogP contribution in [-0.2, 0) is 0 Å². The molecule has 0 bridgehead atoms. The van der Waals surface area contributed by atoms with Gasteiger partial charge in [0.2, 0.25) is 0 Å². The zero-order valence-electron chi connectivity index (χ0n) is 12.3. The SMILES string of the molecule is Cc1ccc(NC(=O)NC2CCCCCC2)c(C(=O)O)c1. The molecule has 3 N–H and O–H groups in total. The van der Waals surface area contributed by atoms with E-state index >= 15 is 0 Å². The van der Waals surface area contributed by atoms with Crippen LogP contribution in [0.25, 0.3) is 0 Å². The molecule has 0 radical (unpaired) electrons. The normalized spacial score (nSPS) is 16.0. The number of hydrogen-bond acceptors (Lipinski definition) is 2. The van der Waals surface area contributed by atoms with Gasteiger partial charge in [0.25, 0.3) is 0 Å². The number of rotatable bonds is 3. The van der Waals surface area contributed by atoms with Crippen molar-refractivity contribution < 1.29 is 14.7 Å². The van der Waals surface area contributed by atoms with E-state index in [1.165, 1.54) is 12.8 Å². The van der Waals surface area contributed by atoms with Crippen LogP contribution in [0.2, 0.25) is 0 Å². The van der Waals surface area contributed by atoms with Crippen molar-refractivity contribution >= 4 is 17.7 Å². The van der Waals surface area contributed by atoms with E-state index in [0.29, 0.717) is 5.69 Å². The van der Waals surface area contributed by atoms with Crippen molar-refractivity contribution in [1.29, 1.82) is 0 Å². The van der Waals surface area contributed by atoms with Crippen molar-refractivity contribution in [2.24, 2.45) is 0 Å². The second kappa shape index (κ2) is 7.11. The molecule has 0 saturated heterocycles. The van der Waals surface area contributed by atoms with Crippen LogP contribution in [0.15, 0.2) is 18.2 Å². The summed E-state index contributed by atoms with van der Waals surface area (Å²) in [5.41, 5.74) is 1.30. The molecule has 1 fully saturated rings. The Hall–Kier alpha value is -2.04. The molecular formula is C16H22N2O3. The van der Waals surface area contributed by atoms with E-state index in [0.717, 1.165) is 31.2 Å². The number of hydrogen-bond donors (Lipinski definition) is 3. The van der Waals surface area contributed by atoms with Gasteiger partial charge in [-0.25, -0.2) is 9.59 Å². The number of carboxylic acids is 1. The number of aromatic carboxylic acids is 1. The van der Waals surface area contributed by atoms with Crippen LogP contribution in [0.3, 0.4) is 0 Å². The lowest BCUT2D eigenvalue weighted by Gasteiger charge is -2.17. The first-order valence-electron chi connectivity index (χ1n) is 7.48. The number of anilines is 1. The Labute approximate surface area is 124 Å². The molecule has 1 aliphatic carbocycles. The fourth-order valence-corrected chi connectivity index (χ4v) is 2.71. The Morgan fingerprint density at radius 2 is 1.81 bits per heavy atom. The van der Waals surface area contributed by atoms with Gasteiger partial charge < -0.3 is 15.7 Å². The Morgan fingerprint density at radius 3 is 2.43 bits per heavy atom. The summed E-state index contributed by atoms with van der Waals surface area (Å²) in [5.74, 6) is -1.04. The van der Waals surface area contributed by atoms with Crippen LogP contribution in [0.5, 0.6) is 0 Å². The van der Waals surface area contributed by atoms with Gasteiger partial charge in [-0.3, -0.25) is 0 Å². The van der Waals surface area contributed by atoms with Gasteiger partial charge in [-0.05, 0) is 31.9 Å². The first-order chi connectivity index (χ1) is 10.1. The first kappa shape index (κ1) is 15.4. The van der Waals surface area contributed by atoms with E-state index in [2.05, 4.69) is 10.6 Å². The van der Waals surface area contributed by atoms with Gasteiger partial charge in [-0.15, -0.1) is 0 Å². The molecule has 0 atom stereocenters. The summed E-state index contributed by atoms with van der Waals surface area (Å²) in [6.07, 6.45) is 6.70. The maximum Gasteiger partial charge on any atom is 0.337 e. The predicted octanol–water partition coefficient (Wildman–Crippen LogP) is 3.54. The minimum absolute atomic E-state index is 0.117. The molecule has 0 heterocycles. The molecule has 1 saturated carbocycles. The van der Waals surface area contributed by atoms with E-state index in [9.17, 15) is 14.7 Å². The van der Waals surface area contributed by atoms with Gasteiger partial charge in [0, 0.05) is 6.04 Å². The highest BCUT2D eigenvalue weighted by atomic mass is 16.4. The quantitative estimate of drug-likeness (QED) is 0.745. The fourth-order valence-electron chi connectivity index (χ4n) is 2.71. The molecule has 5 heteroatoms. The second-order valence-electron chi connectivity index (χ2n) is 5.64. The van der Waals surface area contributed by atoms with Crippen molar-refractivity contribution in [2.45, 2.75) is 51.5 Å². The topological polar surface area (TPSA) is 78.4 Å². The molecule has 0 aliphatic heterocycles. The molecule has 1 aromatic carbocycles. The first-order valence-corrected chi connectivity index (χ1v) is 7.48. The van der Waals surface area contributed by atoms with Crippen LogP contribution < -0.4 is 10.6 Å². The van der Waals surface area contributed by atoms with E-state index in [1.54, 1.807) is 18.2 Å². The van der Waals surface area contributed by atoms with Gasteiger partial charge >= 0.3 is 12.0 Å². The Balaban J connectivity index is 2.00. The van der Waals surface area contributed by atoms with E-state index in [1.807, 2.05) is 6.92 Å². The maximum atomic E-state index is 12.0. The highest BCUT2D eigenvalue weighted by Crippen LogP contribution is 2.19. The number of carbonyl (C=O) groups excluding carboxylic acids is 1. The minimum atomic E-state index is -1.04. The molecule has 0 aromatic heterocycles. The summed E-state index contributed by atoms with van der Waals surface area (Å²) in [6.45, 7) is 1.82. The number of amides is 2. The van der Waals surface area contributed by atoms with Gasteiger partial charge in [0.1, 0.15) is 0 Å². The van der Waals surface area contributed by atoms with Crippen molar-refractivity contribution in [3.8, 4) is 0 Å². The molecule has 5 nitrogen and oxygen atoms in total. The van der Waals surface area contributed by atoms with Crippen LogP contribution in [-0.4, -0.2) is 23.1 Å². The van der Waals surface area contributed by atoms with Crippen molar-refractivity contribution in [3.05, 3.63) is 29.3 Å². The van der Waals surface area contributed by atoms with Crippen LogP contribution in [0.1, 0.15) is 54.4 Å². The van der Waals surface area contributed by atoms with Crippen LogP contribution in [0.4, 0.5) is 10.5 Å². The average molecular weight is 290 g/mol. The van der Waals surface area contributed by atoms with Gasteiger partial charge in [-0.1, -0.05) is 37.3 Å². The Kier molecular flexibility index (Phi) is 5.20. The minimum Gasteiger partial charge on any atom is -0.478 e. The van der Waals surface area contributed by atoms with Gasteiger partial charge in [0.05, 0.1) is 11.3 Å². The maximum absolute atomic E-state index is 12.0. The molecule has 114 valence electrons. The summed E-state index contributed by atoms with van der Waals surface area (Å²) in [4.78, 5) is 23.3. The highest BCUT2D eigenvalue weighted by Gasteiger charge is 2.17. The summed E-state index contributed by atoms with van der Waals surface area (Å²) in [5, 5.41) is 14.8. The van der Waals surface area contributed by atoms with Crippen LogP contribution >= 0.6 is 0 Å². The molecule has 0 unspecified atom stereocenters. The van der Waals surface area contributed by atoms with Gasteiger partial charge in [-0.2, -0.15) is 0 Å².